The number of rotatable bonds is 5. The molecule has 0 spiro atoms. The molecule has 0 aromatic carbocycles. The lowest BCUT2D eigenvalue weighted by molar-refractivity contribution is 0.684. The molecule has 0 heterocycles. The predicted molar refractivity (Wildman–Crippen MR) is 42.9 cm³/mol. The zero-order chi connectivity index (χ0) is 7.11. The molecular formula is C7H12OS. The van der Waals surface area contributed by atoms with Crippen molar-refractivity contribution in [3.63, 3.8) is 0 Å². The van der Waals surface area contributed by atoms with E-state index in [1.807, 2.05) is 0 Å². The molecule has 0 aromatic rings. The summed E-state index contributed by atoms with van der Waals surface area (Å²) >= 11 is 0. The molecule has 1 nitrogen and oxygen atoms in total. The van der Waals surface area contributed by atoms with Crippen molar-refractivity contribution in [2.45, 2.75) is 6.42 Å². The third kappa shape index (κ3) is 5.50. The van der Waals surface area contributed by atoms with Crippen LogP contribution in [0.1, 0.15) is 6.42 Å². The van der Waals surface area contributed by atoms with Crippen LogP contribution in [0.25, 0.3) is 0 Å². The van der Waals surface area contributed by atoms with Gasteiger partial charge in [-0.25, -0.2) is 0 Å². The minimum Gasteiger partial charge on any atom is -0.259 e. The summed E-state index contributed by atoms with van der Waals surface area (Å²) in [5, 5.41) is 0. The maximum absolute atomic E-state index is 10.8. The van der Waals surface area contributed by atoms with E-state index in [0.29, 0.717) is 5.75 Å². The largest absolute Gasteiger partial charge is 0.259 e. The first-order valence-electron chi connectivity index (χ1n) is 2.88. The fourth-order valence-corrected chi connectivity index (χ4v) is 1.29. The second kappa shape index (κ2) is 5.76. The molecule has 0 aliphatic rings. The third-order valence-corrected chi connectivity index (χ3v) is 2.15. The van der Waals surface area contributed by atoms with Crippen molar-refractivity contribution < 1.29 is 4.21 Å². The quantitative estimate of drug-likeness (QED) is 0.534. The molecule has 0 amide bonds. The number of hydrogen-bond donors (Lipinski definition) is 0. The van der Waals surface area contributed by atoms with E-state index in [9.17, 15) is 4.21 Å². The molecule has 0 bridgehead atoms. The maximum atomic E-state index is 10.8. The van der Waals surface area contributed by atoms with Gasteiger partial charge in [-0.3, -0.25) is 4.21 Å². The Morgan fingerprint density at radius 1 is 1.33 bits per heavy atom. The Morgan fingerprint density at radius 3 is 2.44 bits per heavy atom. The van der Waals surface area contributed by atoms with Crippen LogP contribution in [-0.2, 0) is 10.8 Å². The first-order valence-corrected chi connectivity index (χ1v) is 4.37. The van der Waals surface area contributed by atoms with Crippen molar-refractivity contribution in [2.75, 3.05) is 11.5 Å². The van der Waals surface area contributed by atoms with Gasteiger partial charge in [-0.05, 0) is 6.42 Å². The van der Waals surface area contributed by atoms with Gasteiger partial charge in [0, 0.05) is 22.3 Å². The number of allylic oxidation sites excluding steroid dienone is 1. The van der Waals surface area contributed by atoms with Gasteiger partial charge in [0.1, 0.15) is 0 Å². The normalized spacial score (nSPS) is 12.4. The van der Waals surface area contributed by atoms with E-state index in [-0.39, 0.29) is 0 Å². The van der Waals surface area contributed by atoms with E-state index in [1.165, 1.54) is 0 Å². The molecule has 0 aliphatic heterocycles. The van der Waals surface area contributed by atoms with Gasteiger partial charge in [-0.15, -0.1) is 13.2 Å². The van der Waals surface area contributed by atoms with Crippen LogP contribution in [0.3, 0.4) is 0 Å². The van der Waals surface area contributed by atoms with Gasteiger partial charge in [0.2, 0.25) is 0 Å². The van der Waals surface area contributed by atoms with E-state index in [2.05, 4.69) is 13.2 Å². The van der Waals surface area contributed by atoms with E-state index in [4.69, 9.17) is 0 Å². The maximum Gasteiger partial charge on any atom is 0.0412 e. The molecule has 0 saturated heterocycles. The van der Waals surface area contributed by atoms with Gasteiger partial charge >= 0.3 is 0 Å². The van der Waals surface area contributed by atoms with Crippen LogP contribution >= 0.6 is 0 Å². The molecule has 1 atom stereocenters. The van der Waals surface area contributed by atoms with E-state index >= 15 is 0 Å². The van der Waals surface area contributed by atoms with Crippen molar-refractivity contribution in [3.05, 3.63) is 25.3 Å². The third-order valence-electron chi connectivity index (χ3n) is 0.853. The smallest absolute Gasteiger partial charge is 0.0412 e. The highest BCUT2D eigenvalue weighted by Crippen LogP contribution is 1.87. The van der Waals surface area contributed by atoms with Crippen LogP contribution < -0.4 is 0 Å². The van der Waals surface area contributed by atoms with Gasteiger partial charge in [-0.1, -0.05) is 12.2 Å². The fourth-order valence-electron chi connectivity index (χ4n) is 0.430. The lowest BCUT2D eigenvalue weighted by Crippen LogP contribution is -1.98. The molecular weight excluding hydrogens is 132 g/mol. The standard InChI is InChI=1S/C7H12OS/c1-3-5-7-9(8)6-4-2/h3-4H,1-2,5-7H2. The van der Waals surface area contributed by atoms with Crippen molar-refractivity contribution in [1.82, 2.24) is 0 Å². The Hall–Kier alpha value is -0.370. The fraction of sp³-hybridized carbons (Fsp3) is 0.429. The summed E-state index contributed by atoms with van der Waals surface area (Å²) in [6.45, 7) is 7.02. The average molecular weight is 144 g/mol. The summed E-state index contributed by atoms with van der Waals surface area (Å²) in [6, 6.07) is 0. The topological polar surface area (TPSA) is 17.1 Å². The summed E-state index contributed by atoms with van der Waals surface area (Å²) in [5.41, 5.74) is 0. The Kier molecular flexibility index (Phi) is 5.52. The Labute approximate surface area is 58.9 Å². The summed E-state index contributed by atoms with van der Waals surface area (Å²) in [7, 11) is -0.709. The molecule has 0 fully saturated rings. The second-order valence-electron chi connectivity index (χ2n) is 1.68. The number of hydrogen-bond acceptors (Lipinski definition) is 1. The highest BCUT2D eigenvalue weighted by atomic mass is 32.2. The minimum atomic E-state index is -0.709. The molecule has 0 rings (SSSR count). The van der Waals surface area contributed by atoms with Crippen LogP contribution in [0.15, 0.2) is 25.3 Å². The Bertz CT molecular complexity index is 118. The average Bonchev–Trinajstić information content (AvgIpc) is 1.85. The molecule has 1 unspecified atom stereocenters. The van der Waals surface area contributed by atoms with Gasteiger partial charge < -0.3 is 0 Å². The zero-order valence-corrected chi connectivity index (χ0v) is 6.32. The first kappa shape index (κ1) is 8.63. The molecule has 0 radical (unpaired) electrons. The molecule has 0 aromatic heterocycles. The highest BCUT2D eigenvalue weighted by molar-refractivity contribution is 7.85. The molecule has 9 heavy (non-hydrogen) atoms. The summed E-state index contributed by atoms with van der Waals surface area (Å²) in [5.74, 6) is 1.32. The second-order valence-corrected chi connectivity index (χ2v) is 3.30. The van der Waals surface area contributed by atoms with Crippen LogP contribution in [0.4, 0.5) is 0 Å². The van der Waals surface area contributed by atoms with Gasteiger partial charge in [0.05, 0.1) is 0 Å². The summed E-state index contributed by atoms with van der Waals surface area (Å²) in [4.78, 5) is 0. The lowest BCUT2D eigenvalue weighted by Gasteiger charge is -1.91. The molecule has 0 aliphatic carbocycles. The molecule has 2 heteroatoms. The molecule has 52 valence electrons. The van der Waals surface area contributed by atoms with E-state index < -0.39 is 10.8 Å². The van der Waals surface area contributed by atoms with Gasteiger partial charge in [0.25, 0.3) is 0 Å². The van der Waals surface area contributed by atoms with Crippen molar-refractivity contribution in [1.29, 1.82) is 0 Å². The van der Waals surface area contributed by atoms with Crippen molar-refractivity contribution in [3.8, 4) is 0 Å². The van der Waals surface area contributed by atoms with Gasteiger partial charge in [0.15, 0.2) is 0 Å². The van der Waals surface area contributed by atoms with E-state index in [0.717, 1.165) is 12.2 Å². The van der Waals surface area contributed by atoms with Crippen LogP contribution in [-0.4, -0.2) is 15.7 Å². The summed E-state index contributed by atoms with van der Waals surface area (Å²) < 4.78 is 10.8. The monoisotopic (exact) mass is 144 g/mol. The SMILES string of the molecule is C=CCCS(=O)CC=C. The van der Waals surface area contributed by atoms with Crippen LogP contribution in [0.2, 0.25) is 0 Å². The Balaban J connectivity index is 3.26. The summed E-state index contributed by atoms with van der Waals surface area (Å²) in [6.07, 6.45) is 4.29. The highest BCUT2D eigenvalue weighted by Gasteiger charge is 1.91. The van der Waals surface area contributed by atoms with Crippen molar-refractivity contribution in [2.24, 2.45) is 0 Å². The molecule has 0 saturated carbocycles. The Morgan fingerprint density at radius 2 is 2.00 bits per heavy atom. The lowest BCUT2D eigenvalue weighted by atomic mass is 10.5. The predicted octanol–water partition coefficient (Wildman–Crippen LogP) is 1.50. The molecule has 0 N–H and O–H groups in total. The van der Waals surface area contributed by atoms with Crippen molar-refractivity contribution >= 4 is 10.8 Å². The zero-order valence-electron chi connectivity index (χ0n) is 5.51. The van der Waals surface area contributed by atoms with Gasteiger partial charge in [-0.2, -0.15) is 0 Å². The van der Waals surface area contributed by atoms with Crippen LogP contribution in [0.5, 0.6) is 0 Å². The first-order chi connectivity index (χ1) is 4.31. The van der Waals surface area contributed by atoms with Crippen LogP contribution in [0, 0.1) is 0 Å². The minimum absolute atomic E-state index is 0.605. The van der Waals surface area contributed by atoms with E-state index in [1.54, 1.807) is 12.2 Å².